The van der Waals surface area contributed by atoms with E-state index in [-0.39, 0.29) is 10.8 Å². The lowest BCUT2D eigenvalue weighted by atomic mass is 10.2. The molecule has 3 rings (SSSR count). The van der Waals surface area contributed by atoms with Crippen molar-refractivity contribution in [1.82, 2.24) is 14.5 Å². The van der Waals surface area contributed by atoms with E-state index in [4.69, 9.17) is 11.6 Å². The molecular formula is C14H10ClN3O2. The van der Waals surface area contributed by atoms with E-state index in [0.29, 0.717) is 11.1 Å². The highest BCUT2D eigenvalue weighted by atomic mass is 35.5. The van der Waals surface area contributed by atoms with Gasteiger partial charge in [-0.3, -0.25) is 9.78 Å². The van der Waals surface area contributed by atoms with Gasteiger partial charge < -0.3 is 0 Å². The third kappa shape index (κ3) is 1.92. The van der Waals surface area contributed by atoms with Crippen LogP contribution in [-0.2, 0) is 0 Å². The second-order valence-corrected chi connectivity index (χ2v) is 4.77. The largest absolute Gasteiger partial charge is 0.334 e. The van der Waals surface area contributed by atoms with Crippen LogP contribution in [0, 0.1) is 6.92 Å². The van der Waals surface area contributed by atoms with Crippen LogP contribution in [0.3, 0.4) is 0 Å². The van der Waals surface area contributed by atoms with E-state index in [1.165, 1.54) is 10.6 Å². The molecule has 2 heterocycles. The first kappa shape index (κ1) is 12.6. The molecule has 3 aromatic rings. The molecule has 0 atom stereocenters. The van der Waals surface area contributed by atoms with Crippen LogP contribution in [0.15, 0.2) is 46.0 Å². The van der Waals surface area contributed by atoms with Crippen molar-refractivity contribution in [2.75, 3.05) is 0 Å². The summed E-state index contributed by atoms with van der Waals surface area (Å²) in [7, 11) is 0. The maximum Gasteiger partial charge on any atom is 0.334 e. The van der Waals surface area contributed by atoms with Crippen LogP contribution in [0.5, 0.6) is 0 Å². The Hall–Kier alpha value is -2.40. The van der Waals surface area contributed by atoms with E-state index in [9.17, 15) is 9.59 Å². The summed E-state index contributed by atoms with van der Waals surface area (Å²) in [6.45, 7) is 1.88. The number of hydrogen-bond acceptors (Lipinski definition) is 3. The normalized spacial score (nSPS) is 10.9. The molecule has 0 saturated heterocycles. The number of para-hydroxylation sites is 1. The molecule has 0 aliphatic heterocycles. The number of hydrogen-bond donors (Lipinski definition) is 1. The Kier molecular flexibility index (Phi) is 2.91. The molecule has 20 heavy (non-hydrogen) atoms. The molecule has 0 saturated carbocycles. The number of pyridine rings is 1. The number of aryl methyl sites for hydroxylation is 1. The summed E-state index contributed by atoms with van der Waals surface area (Å²) in [5.41, 5.74) is 0.796. The highest BCUT2D eigenvalue weighted by Crippen LogP contribution is 2.17. The van der Waals surface area contributed by atoms with Crippen LogP contribution in [-0.4, -0.2) is 14.5 Å². The van der Waals surface area contributed by atoms with Crippen molar-refractivity contribution in [3.05, 3.63) is 68.0 Å². The van der Waals surface area contributed by atoms with Crippen molar-refractivity contribution in [2.24, 2.45) is 0 Å². The summed E-state index contributed by atoms with van der Waals surface area (Å²) in [5.74, 6) is 0. The molecule has 2 aromatic heterocycles. The molecule has 0 spiro atoms. The average molecular weight is 288 g/mol. The van der Waals surface area contributed by atoms with E-state index in [1.807, 2.05) is 25.1 Å². The van der Waals surface area contributed by atoms with Crippen LogP contribution < -0.4 is 11.2 Å². The first-order chi connectivity index (χ1) is 9.58. The van der Waals surface area contributed by atoms with Gasteiger partial charge in [-0.05, 0) is 30.7 Å². The standard InChI is InChI=1S/C14H10ClN3O2/c1-8-4-2-3-5-10(8)18-12-9(6-7-11(15)16-12)13(19)17-14(18)20/h2-7H,1H3,(H,17,19,20). The Morgan fingerprint density at radius 1 is 1.15 bits per heavy atom. The van der Waals surface area contributed by atoms with E-state index in [0.717, 1.165) is 5.56 Å². The minimum atomic E-state index is -0.536. The number of aromatic nitrogens is 3. The van der Waals surface area contributed by atoms with Crippen molar-refractivity contribution >= 4 is 22.6 Å². The second kappa shape index (κ2) is 4.61. The Morgan fingerprint density at radius 3 is 2.65 bits per heavy atom. The molecule has 0 radical (unpaired) electrons. The number of nitrogens with zero attached hydrogens (tertiary/aromatic N) is 2. The van der Waals surface area contributed by atoms with Crippen LogP contribution in [0.25, 0.3) is 16.7 Å². The lowest BCUT2D eigenvalue weighted by molar-refractivity contribution is 0.918. The molecular weight excluding hydrogens is 278 g/mol. The zero-order valence-corrected chi connectivity index (χ0v) is 11.3. The molecule has 0 fully saturated rings. The quantitative estimate of drug-likeness (QED) is 0.696. The van der Waals surface area contributed by atoms with Gasteiger partial charge in [0.15, 0.2) is 5.65 Å². The first-order valence-corrected chi connectivity index (χ1v) is 6.33. The topological polar surface area (TPSA) is 67.8 Å². The van der Waals surface area contributed by atoms with Gasteiger partial charge >= 0.3 is 5.69 Å². The Morgan fingerprint density at radius 2 is 1.90 bits per heavy atom. The monoisotopic (exact) mass is 287 g/mol. The van der Waals surface area contributed by atoms with Gasteiger partial charge in [0.05, 0.1) is 11.1 Å². The molecule has 1 N–H and O–H groups in total. The number of H-pyrrole nitrogens is 1. The van der Waals surface area contributed by atoms with Crippen LogP contribution in [0.4, 0.5) is 0 Å². The number of nitrogens with one attached hydrogen (secondary N) is 1. The van der Waals surface area contributed by atoms with Gasteiger partial charge in [0.1, 0.15) is 5.15 Å². The molecule has 0 bridgehead atoms. The SMILES string of the molecule is Cc1ccccc1-n1c(=O)[nH]c(=O)c2ccc(Cl)nc21. The summed E-state index contributed by atoms with van der Waals surface area (Å²) in [6.07, 6.45) is 0. The maximum atomic E-state index is 12.1. The van der Waals surface area contributed by atoms with Crippen LogP contribution in [0.1, 0.15) is 5.56 Å². The predicted molar refractivity (Wildman–Crippen MR) is 77.7 cm³/mol. The number of halogens is 1. The molecule has 0 unspecified atom stereocenters. The summed E-state index contributed by atoms with van der Waals surface area (Å²) in [6, 6.07) is 10.4. The minimum Gasteiger partial charge on any atom is -0.273 e. The molecule has 0 amide bonds. The fraction of sp³-hybridized carbons (Fsp3) is 0.0714. The van der Waals surface area contributed by atoms with Gasteiger partial charge in [0.2, 0.25) is 0 Å². The minimum absolute atomic E-state index is 0.227. The smallest absolute Gasteiger partial charge is 0.273 e. The van der Waals surface area contributed by atoms with Crippen molar-refractivity contribution in [2.45, 2.75) is 6.92 Å². The Labute approximate surface area is 118 Å². The number of rotatable bonds is 1. The lowest BCUT2D eigenvalue weighted by Gasteiger charge is -2.11. The summed E-state index contributed by atoms with van der Waals surface area (Å²) < 4.78 is 1.36. The summed E-state index contributed by atoms with van der Waals surface area (Å²) >= 11 is 5.88. The fourth-order valence-corrected chi connectivity index (χ4v) is 2.27. The molecule has 1 aromatic carbocycles. The van der Waals surface area contributed by atoms with E-state index >= 15 is 0 Å². The predicted octanol–water partition coefficient (Wildman–Crippen LogP) is 2.04. The Bertz CT molecular complexity index is 928. The molecule has 5 nitrogen and oxygen atoms in total. The van der Waals surface area contributed by atoms with Gasteiger partial charge in [-0.2, -0.15) is 0 Å². The highest BCUT2D eigenvalue weighted by molar-refractivity contribution is 6.29. The van der Waals surface area contributed by atoms with Gasteiger partial charge in [0.25, 0.3) is 5.56 Å². The van der Waals surface area contributed by atoms with Crippen molar-refractivity contribution < 1.29 is 0 Å². The van der Waals surface area contributed by atoms with Gasteiger partial charge in [-0.25, -0.2) is 14.3 Å². The van der Waals surface area contributed by atoms with E-state index in [1.54, 1.807) is 12.1 Å². The van der Waals surface area contributed by atoms with Crippen LogP contribution >= 0.6 is 11.6 Å². The highest BCUT2D eigenvalue weighted by Gasteiger charge is 2.12. The van der Waals surface area contributed by atoms with E-state index < -0.39 is 11.2 Å². The van der Waals surface area contributed by atoms with Crippen molar-refractivity contribution in [1.29, 1.82) is 0 Å². The average Bonchev–Trinajstić information content (AvgIpc) is 2.40. The molecule has 0 aliphatic carbocycles. The van der Waals surface area contributed by atoms with Gasteiger partial charge in [0, 0.05) is 0 Å². The second-order valence-electron chi connectivity index (χ2n) is 4.39. The molecule has 0 aliphatic rings. The lowest BCUT2D eigenvalue weighted by Crippen LogP contribution is -2.30. The Balaban J connectivity index is 2.54. The van der Waals surface area contributed by atoms with E-state index in [2.05, 4.69) is 9.97 Å². The number of fused-ring (bicyclic) bond motifs is 1. The summed E-state index contributed by atoms with van der Waals surface area (Å²) in [5, 5.41) is 0.544. The first-order valence-electron chi connectivity index (χ1n) is 5.95. The van der Waals surface area contributed by atoms with Crippen molar-refractivity contribution in [3.63, 3.8) is 0 Å². The summed E-state index contributed by atoms with van der Waals surface area (Å²) in [4.78, 5) is 30.4. The zero-order chi connectivity index (χ0) is 14.3. The van der Waals surface area contributed by atoms with Crippen LogP contribution in [0.2, 0.25) is 5.15 Å². The third-order valence-electron chi connectivity index (χ3n) is 3.08. The zero-order valence-electron chi connectivity index (χ0n) is 10.6. The molecule has 6 heteroatoms. The molecule has 100 valence electrons. The number of aromatic amines is 1. The van der Waals surface area contributed by atoms with Gasteiger partial charge in [-0.1, -0.05) is 29.8 Å². The third-order valence-corrected chi connectivity index (χ3v) is 3.29. The van der Waals surface area contributed by atoms with Crippen molar-refractivity contribution in [3.8, 4) is 5.69 Å². The number of benzene rings is 1. The van der Waals surface area contributed by atoms with Gasteiger partial charge in [-0.15, -0.1) is 0 Å². The fourth-order valence-electron chi connectivity index (χ4n) is 2.13. The maximum absolute atomic E-state index is 12.1.